The number of carbonyl (C=O) groups excluding carboxylic acids is 1. The van der Waals surface area contributed by atoms with Gasteiger partial charge < -0.3 is 15.7 Å². The summed E-state index contributed by atoms with van der Waals surface area (Å²) < 4.78 is 2.41. The molecule has 158 valence electrons. The lowest BCUT2D eigenvalue weighted by atomic mass is 9.87. The molecule has 3 N–H and O–H groups in total. The van der Waals surface area contributed by atoms with Crippen LogP contribution in [-0.2, 0) is 11.4 Å². The van der Waals surface area contributed by atoms with Crippen LogP contribution in [0.15, 0.2) is 29.0 Å². The van der Waals surface area contributed by atoms with Gasteiger partial charge in [-0.15, -0.1) is 0 Å². The Balaban J connectivity index is 1.66. The van der Waals surface area contributed by atoms with E-state index in [4.69, 9.17) is 4.98 Å². The summed E-state index contributed by atoms with van der Waals surface area (Å²) in [6.07, 6.45) is 4.18. The van der Waals surface area contributed by atoms with Gasteiger partial charge in [0.25, 0.3) is 0 Å². The highest BCUT2D eigenvalue weighted by atomic mass is 79.9. The predicted octanol–water partition coefficient (Wildman–Crippen LogP) is 3.10. The fourth-order valence-corrected chi connectivity index (χ4v) is 4.67. The fraction of sp³-hybridized carbons (Fsp3) is 0.429. The summed E-state index contributed by atoms with van der Waals surface area (Å²) in [4.78, 5) is 21.4. The van der Waals surface area contributed by atoms with Gasteiger partial charge in [-0.3, -0.25) is 4.79 Å². The molecule has 2 heterocycles. The van der Waals surface area contributed by atoms with Crippen LogP contribution in [0.1, 0.15) is 37.3 Å². The summed E-state index contributed by atoms with van der Waals surface area (Å²) in [7, 11) is 1.68. The fourth-order valence-electron chi connectivity index (χ4n) is 4.23. The van der Waals surface area contributed by atoms with Crippen LogP contribution >= 0.6 is 15.9 Å². The van der Waals surface area contributed by atoms with E-state index in [1.165, 1.54) is 0 Å². The molecule has 0 aliphatic heterocycles. The second-order valence-electron chi connectivity index (χ2n) is 8.19. The van der Waals surface area contributed by atoms with E-state index in [0.717, 1.165) is 41.5 Å². The first kappa shape index (κ1) is 20.7. The third kappa shape index (κ3) is 3.79. The summed E-state index contributed by atoms with van der Waals surface area (Å²) in [5.74, 6) is 0.585. The number of benzene rings is 1. The molecule has 30 heavy (non-hydrogen) atoms. The average molecular weight is 473 g/mol. The van der Waals surface area contributed by atoms with Crippen molar-refractivity contribution in [3.63, 3.8) is 0 Å². The van der Waals surface area contributed by atoms with Crippen molar-refractivity contribution in [3.05, 3.63) is 40.1 Å². The van der Waals surface area contributed by atoms with Crippen molar-refractivity contribution >= 4 is 38.8 Å². The van der Waals surface area contributed by atoms with Crippen LogP contribution in [0.4, 0.5) is 5.95 Å². The summed E-state index contributed by atoms with van der Waals surface area (Å²) in [6.45, 7) is 3.94. The summed E-state index contributed by atoms with van der Waals surface area (Å²) in [5.41, 5.74) is 2.97. The van der Waals surface area contributed by atoms with E-state index in [-0.39, 0.29) is 24.0 Å². The standard InChI is InChI=1S/C21H25BrN6O2/c1-12-6-13(11-29)8-15(7-12)28-18-16(17(22)27-28)10-24-20(26-18)25-14-4-5-21(2,9-14)19(30)23-3/h6-8,10,14,29H,4-5,9,11H2,1-3H3,(H,23,30)(H,24,25,26)/t14-,21?/m1/s1. The van der Waals surface area contributed by atoms with Gasteiger partial charge in [-0.1, -0.05) is 13.0 Å². The molecule has 1 unspecified atom stereocenters. The van der Waals surface area contributed by atoms with Crippen molar-refractivity contribution in [3.8, 4) is 5.69 Å². The first-order valence-electron chi connectivity index (χ1n) is 9.95. The number of aliphatic hydroxyl groups is 1. The molecule has 1 fully saturated rings. The molecule has 9 heteroatoms. The summed E-state index contributed by atoms with van der Waals surface area (Å²) in [6, 6.07) is 5.96. The average Bonchev–Trinajstić information content (AvgIpc) is 3.27. The highest BCUT2D eigenvalue weighted by Crippen LogP contribution is 2.39. The summed E-state index contributed by atoms with van der Waals surface area (Å²) >= 11 is 3.49. The number of aromatic nitrogens is 4. The number of anilines is 1. The van der Waals surface area contributed by atoms with E-state index in [1.54, 1.807) is 17.9 Å². The number of aryl methyl sites for hydroxylation is 1. The zero-order chi connectivity index (χ0) is 21.5. The number of hydrogen-bond donors (Lipinski definition) is 3. The minimum Gasteiger partial charge on any atom is -0.392 e. The molecular weight excluding hydrogens is 448 g/mol. The highest BCUT2D eigenvalue weighted by Gasteiger charge is 2.40. The Morgan fingerprint density at radius 3 is 2.93 bits per heavy atom. The Bertz CT molecular complexity index is 1110. The minimum absolute atomic E-state index is 0.0391. The van der Waals surface area contributed by atoms with Gasteiger partial charge in [0.1, 0.15) is 4.60 Å². The maximum absolute atomic E-state index is 12.2. The van der Waals surface area contributed by atoms with Gasteiger partial charge in [-0.05, 0) is 65.4 Å². The van der Waals surface area contributed by atoms with Gasteiger partial charge in [0, 0.05) is 24.7 Å². The molecule has 1 saturated carbocycles. The second kappa shape index (κ2) is 7.96. The number of amides is 1. The summed E-state index contributed by atoms with van der Waals surface area (Å²) in [5, 5.41) is 21.1. The smallest absolute Gasteiger partial charge is 0.225 e. The maximum atomic E-state index is 12.2. The Morgan fingerprint density at radius 1 is 1.40 bits per heavy atom. The van der Waals surface area contributed by atoms with E-state index in [1.807, 2.05) is 32.0 Å². The van der Waals surface area contributed by atoms with Crippen molar-refractivity contribution in [2.75, 3.05) is 12.4 Å². The Kier molecular flexibility index (Phi) is 5.50. The number of nitrogens with one attached hydrogen (secondary N) is 2. The normalized spacial score (nSPS) is 21.2. The molecule has 3 aromatic rings. The second-order valence-corrected chi connectivity index (χ2v) is 8.94. The van der Waals surface area contributed by atoms with Gasteiger partial charge in [0.2, 0.25) is 11.9 Å². The number of halogens is 1. The van der Waals surface area contributed by atoms with Crippen LogP contribution in [0.5, 0.6) is 0 Å². The number of fused-ring (bicyclic) bond motifs is 1. The molecule has 8 nitrogen and oxygen atoms in total. The van der Waals surface area contributed by atoms with Crippen molar-refractivity contribution in [2.45, 2.75) is 45.8 Å². The van der Waals surface area contributed by atoms with Crippen molar-refractivity contribution in [2.24, 2.45) is 5.41 Å². The third-order valence-corrected chi connectivity index (χ3v) is 6.36. The maximum Gasteiger partial charge on any atom is 0.225 e. The lowest BCUT2D eigenvalue weighted by Crippen LogP contribution is -2.35. The van der Waals surface area contributed by atoms with Crippen LogP contribution in [0.25, 0.3) is 16.7 Å². The van der Waals surface area contributed by atoms with E-state index < -0.39 is 0 Å². The zero-order valence-corrected chi connectivity index (χ0v) is 18.8. The van der Waals surface area contributed by atoms with E-state index >= 15 is 0 Å². The van der Waals surface area contributed by atoms with Gasteiger partial charge in [-0.2, -0.15) is 10.1 Å². The molecule has 1 aromatic carbocycles. The molecule has 0 spiro atoms. The first-order chi connectivity index (χ1) is 14.3. The van der Waals surface area contributed by atoms with Gasteiger partial charge in [0.15, 0.2) is 5.65 Å². The number of aliphatic hydroxyl groups excluding tert-OH is 1. The van der Waals surface area contributed by atoms with Gasteiger partial charge in [0.05, 0.1) is 17.7 Å². The molecule has 1 aliphatic rings. The Morgan fingerprint density at radius 2 is 2.20 bits per heavy atom. The highest BCUT2D eigenvalue weighted by molar-refractivity contribution is 9.10. The molecule has 2 aromatic heterocycles. The SMILES string of the molecule is CNC(=O)C1(C)CC[C@@H](Nc2ncc3c(Br)nn(-c4cc(C)cc(CO)c4)c3n2)C1. The molecule has 0 bridgehead atoms. The minimum atomic E-state index is -0.371. The molecule has 4 rings (SSSR count). The topological polar surface area (TPSA) is 105 Å². The molecule has 1 amide bonds. The molecule has 0 radical (unpaired) electrons. The van der Waals surface area contributed by atoms with E-state index in [9.17, 15) is 9.90 Å². The zero-order valence-electron chi connectivity index (χ0n) is 17.2. The quantitative estimate of drug-likeness (QED) is 0.526. The monoisotopic (exact) mass is 472 g/mol. The lowest BCUT2D eigenvalue weighted by molar-refractivity contribution is -0.129. The van der Waals surface area contributed by atoms with E-state index in [0.29, 0.717) is 16.2 Å². The van der Waals surface area contributed by atoms with Crippen LogP contribution in [0, 0.1) is 12.3 Å². The number of rotatable bonds is 5. The van der Waals surface area contributed by atoms with Gasteiger partial charge in [-0.25, -0.2) is 9.67 Å². The van der Waals surface area contributed by atoms with Crippen molar-refractivity contribution in [1.29, 1.82) is 0 Å². The number of nitrogens with zero attached hydrogens (tertiary/aromatic N) is 4. The predicted molar refractivity (Wildman–Crippen MR) is 118 cm³/mol. The number of hydrogen-bond acceptors (Lipinski definition) is 6. The van der Waals surface area contributed by atoms with E-state index in [2.05, 4.69) is 36.6 Å². The molecular formula is C21H25BrN6O2. The largest absolute Gasteiger partial charge is 0.392 e. The molecule has 1 aliphatic carbocycles. The molecule has 2 atom stereocenters. The number of carbonyl (C=O) groups is 1. The van der Waals surface area contributed by atoms with Crippen LogP contribution in [0.3, 0.4) is 0 Å². The van der Waals surface area contributed by atoms with Crippen molar-refractivity contribution in [1.82, 2.24) is 25.1 Å². The van der Waals surface area contributed by atoms with Crippen molar-refractivity contribution < 1.29 is 9.90 Å². The van der Waals surface area contributed by atoms with Crippen LogP contribution in [-0.4, -0.2) is 43.9 Å². The first-order valence-corrected chi connectivity index (χ1v) is 10.7. The van der Waals surface area contributed by atoms with Crippen LogP contribution < -0.4 is 10.6 Å². The van der Waals surface area contributed by atoms with Crippen LogP contribution in [0.2, 0.25) is 0 Å². The Hall–Kier alpha value is -2.52. The Labute approximate surface area is 183 Å². The lowest BCUT2D eigenvalue weighted by Gasteiger charge is -2.22. The molecule has 0 saturated heterocycles. The van der Waals surface area contributed by atoms with Gasteiger partial charge >= 0.3 is 0 Å². The third-order valence-electron chi connectivity index (χ3n) is 5.78.